The van der Waals surface area contributed by atoms with E-state index in [4.69, 9.17) is 27.7 Å². The van der Waals surface area contributed by atoms with E-state index in [1.54, 1.807) is 6.07 Å². The minimum Gasteiger partial charge on any atom is -0.338 e. The van der Waals surface area contributed by atoms with E-state index in [-0.39, 0.29) is 12.1 Å². The molecule has 2 atom stereocenters. The van der Waals surface area contributed by atoms with E-state index in [2.05, 4.69) is 15.5 Å². The predicted octanol–water partition coefficient (Wildman–Crippen LogP) is 4.67. The average Bonchev–Trinajstić information content (AvgIpc) is 3.16. The maximum Gasteiger partial charge on any atom is 0.243 e. The molecule has 1 heterocycles. The van der Waals surface area contributed by atoms with Crippen LogP contribution in [0.5, 0.6) is 0 Å². The van der Waals surface area contributed by atoms with Gasteiger partial charge in [0.25, 0.3) is 0 Å². The second kappa shape index (κ2) is 5.95. The summed E-state index contributed by atoms with van der Waals surface area (Å²) in [6, 6.07) is 5.54. The number of nitrogens with one attached hydrogen (secondary N) is 1. The third-order valence-corrected chi connectivity index (χ3v) is 4.26. The van der Waals surface area contributed by atoms with Crippen LogP contribution in [0.2, 0.25) is 10.0 Å². The van der Waals surface area contributed by atoms with Gasteiger partial charge in [-0.25, -0.2) is 0 Å². The van der Waals surface area contributed by atoms with E-state index < -0.39 is 0 Å². The van der Waals surface area contributed by atoms with Crippen molar-refractivity contribution in [1.82, 2.24) is 15.5 Å². The van der Waals surface area contributed by atoms with E-state index >= 15 is 0 Å². The predicted molar refractivity (Wildman–Crippen MR) is 82.7 cm³/mol. The summed E-state index contributed by atoms with van der Waals surface area (Å²) in [6.45, 7) is 4.05. The molecule has 1 N–H and O–H groups in total. The SMILES string of the molecule is C[C@H](N[C@H](C)c1ccc(Cl)cc1Cl)c1nc(C2CC2)no1. The van der Waals surface area contributed by atoms with Crippen molar-refractivity contribution in [2.45, 2.75) is 44.7 Å². The first-order chi connectivity index (χ1) is 10.0. The molecule has 4 nitrogen and oxygen atoms in total. The first kappa shape index (κ1) is 14.8. The number of rotatable bonds is 5. The lowest BCUT2D eigenvalue weighted by molar-refractivity contribution is 0.325. The fraction of sp³-hybridized carbons (Fsp3) is 0.467. The Bertz CT molecular complexity index is 640. The molecule has 0 amide bonds. The van der Waals surface area contributed by atoms with Crippen molar-refractivity contribution in [1.29, 1.82) is 0 Å². The van der Waals surface area contributed by atoms with Gasteiger partial charge in [0.15, 0.2) is 5.82 Å². The molecule has 3 rings (SSSR count). The molecular weight excluding hydrogens is 309 g/mol. The van der Waals surface area contributed by atoms with Crippen LogP contribution in [0, 0.1) is 0 Å². The Hall–Kier alpha value is -1.10. The van der Waals surface area contributed by atoms with Gasteiger partial charge in [0.1, 0.15) is 0 Å². The van der Waals surface area contributed by atoms with E-state index in [9.17, 15) is 0 Å². The van der Waals surface area contributed by atoms with Gasteiger partial charge in [-0.3, -0.25) is 5.32 Å². The Morgan fingerprint density at radius 3 is 2.67 bits per heavy atom. The number of hydrogen-bond acceptors (Lipinski definition) is 4. The van der Waals surface area contributed by atoms with Crippen molar-refractivity contribution in [2.24, 2.45) is 0 Å². The van der Waals surface area contributed by atoms with Gasteiger partial charge in [-0.2, -0.15) is 4.98 Å². The first-order valence-corrected chi connectivity index (χ1v) is 7.84. The molecule has 1 saturated carbocycles. The highest BCUT2D eigenvalue weighted by Crippen LogP contribution is 2.38. The molecule has 1 aliphatic carbocycles. The van der Waals surface area contributed by atoms with Crippen molar-refractivity contribution >= 4 is 23.2 Å². The lowest BCUT2D eigenvalue weighted by atomic mass is 10.1. The molecule has 0 saturated heterocycles. The van der Waals surface area contributed by atoms with Crippen molar-refractivity contribution in [3.8, 4) is 0 Å². The van der Waals surface area contributed by atoms with Gasteiger partial charge in [0.2, 0.25) is 5.89 Å². The van der Waals surface area contributed by atoms with Crippen LogP contribution in [0.3, 0.4) is 0 Å². The summed E-state index contributed by atoms with van der Waals surface area (Å²) in [5, 5.41) is 8.75. The summed E-state index contributed by atoms with van der Waals surface area (Å²) in [4.78, 5) is 4.46. The van der Waals surface area contributed by atoms with Crippen molar-refractivity contribution in [2.75, 3.05) is 0 Å². The lowest BCUT2D eigenvalue weighted by Crippen LogP contribution is -2.23. The Morgan fingerprint density at radius 1 is 1.24 bits per heavy atom. The lowest BCUT2D eigenvalue weighted by Gasteiger charge is -2.19. The van der Waals surface area contributed by atoms with Gasteiger partial charge >= 0.3 is 0 Å². The zero-order chi connectivity index (χ0) is 15.0. The molecule has 1 aromatic heterocycles. The molecule has 0 spiro atoms. The highest BCUT2D eigenvalue weighted by atomic mass is 35.5. The molecule has 0 bridgehead atoms. The summed E-state index contributed by atoms with van der Waals surface area (Å²) in [5.41, 5.74) is 0.995. The maximum absolute atomic E-state index is 6.23. The van der Waals surface area contributed by atoms with Crippen LogP contribution in [0.15, 0.2) is 22.7 Å². The smallest absolute Gasteiger partial charge is 0.243 e. The highest BCUT2D eigenvalue weighted by Gasteiger charge is 2.29. The van der Waals surface area contributed by atoms with Crippen LogP contribution >= 0.6 is 23.2 Å². The van der Waals surface area contributed by atoms with Crippen LogP contribution in [-0.4, -0.2) is 10.1 Å². The van der Waals surface area contributed by atoms with Gasteiger partial charge in [0, 0.05) is 22.0 Å². The normalized spacial score (nSPS) is 17.7. The van der Waals surface area contributed by atoms with Gasteiger partial charge < -0.3 is 4.52 Å². The Balaban J connectivity index is 1.69. The third kappa shape index (κ3) is 3.39. The van der Waals surface area contributed by atoms with Crippen molar-refractivity contribution in [3.63, 3.8) is 0 Å². The van der Waals surface area contributed by atoms with Crippen molar-refractivity contribution in [3.05, 3.63) is 45.5 Å². The fourth-order valence-corrected chi connectivity index (χ4v) is 2.89. The number of nitrogens with zero attached hydrogens (tertiary/aromatic N) is 2. The molecule has 2 aromatic rings. The molecule has 1 aliphatic rings. The van der Waals surface area contributed by atoms with Crippen LogP contribution in [0.1, 0.15) is 62.0 Å². The quantitative estimate of drug-likeness (QED) is 0.868. The topological polar surface area (TPSA) is 51.0 Å². The van der Waals surface area contributed by atoms with E-state index in [0.29, 0.717) is 21.9 Å². The molecule has 0 unspecified atom stereocenters. The number of halogens is 2. The Labute approximate surface area is 133 Å². The van der Waals surface area contributed by atoms with E-state index in [1.165, 1.54) is 0 Å². The first-order valence-electron chi connectivity index (χ1n) is 7.09. The Morgan fingerprint density at radius 2 is 2.00 bits per heavy atom. The van der Waals surface area contributed by atoms with E-state index in [1.807, 2.05) is 26.0 Å². The largest absolute Gasteiger partial charge is 0.338 e. The summed E-state index contributed by atoms with van der Waals surface area (Å²) in [7, 11) is 0. The van der Waals surface area contributed by atoms with E-state index in [0.717, 1.165) is 24.2 Å². The minimum absolute atomic E-state index is 0.0354. The maximum atomic E-state index is 6.23. The summed E-state index contributed by atoms with van der Waals surface area (Å²) < 4.78 is 5.34. The summed E-state index contributed by atoms with van der Waals surface area (Å²) >= 11 is 12.2. The minimum atomic E-state index is -0.0354. The zero-order valence-corrected chi connectivity index (χ0v) is 13.4. The monoisotopic (exact) mass is 325 g/mol. The van der Waals surface area contributed by atoms with Gasteiger partial charge in [-0.05, 0) is 44.4 Å². The zero-order valence-electron chi connectivity index (χ0n) is 11.9. The van der Waals surface area contributed by atoms with Gasteiger partial charge in [-0.15, -0.1) is 0 Å². The van der Waals surface area contributed by atoms with Crippen LogP contribution in [0.4, 0.5) is 0 Å². The number of aromatic nitrogens is 2. The van der Waals surface area contributed by atoms with Crippen LogP contribution < -0.4 is 5.32 Å². The molecule has 112 valence electrons. The second-order valence-electron chi connectivity index (χ2n) is 5.54. The standard InChI is InChI=1S/C15H17Cl2N3O/c1-8(12-6-5-11(16)7-13(12)17)18-9(2)15-19-14(20-21-15)10-3-4-10/h5-10,18H,3-4H2,1-2H3/t8-,9+/m1/s1. The molecule has 6 heteroatoms. The van der Waals surface area contributed by atoms with Crippen LogP contribution in [0.25, 0.3) is 0 Å². The molecule has 21 heavy (non-hydrogen) atoms. The third-order valence-electron chi connectivity index (χ3n) is 3.70. The Kier molecular flexibility index (Phi) is 4.20. The van der Waals surface area contributed by atoms with Crippen LogP contribution in [-0.2, 0) is 0 Å². The molecule has 0 aliphatic heterocycles. The molecule has 1 aromatic carbocycles. The van der Waals surface area contributed by atoms with Crippen molar-refractivity contribution < 1.29 is 4.52 Å². The number of benzene rings is 1. The molecule has 0 radical (unpaired) electrons. The van der Waals surface area contributed by atoms with Gasteiger partial charge in [0.05, 0.1) is 6.04 Å². The summed E-state index contributed by atoms with van der Waals surface area (Å²) in [6.07, 6.45) is 2.33. The molecule has 1 fully saturated rings. The van der Waals surface area contributed by atoms with Gasteiger partial charge in [-0.1, -0.05) is 34.4 Å². The fourth-order valence-electron chi connectivity index (χ4n) is 2.32. The molecular formula is C15H17Cl2N3O. The second-order valence-corrected chi connectivity index (χ2v) is 6.38. The average molecular weight is 326 g/mol. The summed E-state index contributed by atoms with van der Waals surface area (Å²) in [5.74, 6) is 1.95. The number of hydrogen-bond donors (Lipinski definition) is 1. The highest BCUT2D eigenvalue weighted by molar-refractivity contribution is 6.35.